The Morgan fingerprint density at radius 1 is 1.78 bits per heavy atom. The predicted molar refractivity (Wildman–Crippen MR) is 41.3 cm³/mol. The van der Waals surface area contributed by atoms with Crippen LogP contribution in [0.2, 0.25) is 0 Å². The SMILES string of the molecule is CCC(C)=NOC(N)=S. The normalized spacial score (nSPS) is 11.1. The Labute approximate surface area is 59.9 Å². The van der Waals surface area contributed by atoms with Crippen molar-refractivity contribution >= 4 is 23.1 Å². The molecule has 0 fully saturated rings. The van der Waals surface area contributed by atoms with Crippen molar-refractivity contribution in [3.8, 4) is 0 Å². The van der Waals surface area contributed by atoms with E-state index in [2.05, 4.69) is 22.2 Å². The summed E-state index contributed by atoms with van der Waals surface area (Å²) in [4.78, 5) is 4.49. The van der Waals surface area contributed by atoms with Crippen LogP contribution in [0.25, 0.3) is 0 Å². The Bertz CT molecular complexity index is 133. The summed E-state index contributed by atoms with van der Waals surface area (Å²) in [6, 6.07) is 0. The zero-order valence-corrected chi connectivity index (χ0v) is 6.36. The third-order valence-electron chi connectivity index (χ3n) is 0.803. The van der Waals surface area contributed by atoms with Gasteiger partial charge in [-0.1, -0.05) is 12.1 Å². The maximum atomic E-state index is 5.00. The summed E-state index contributed by atoms with van der Waals surface area (Å²) in [5, 5.41) is 3.55. The molecule has 0 aliphatic rings. The van der Waals surface area contributed by atoms with Crippen molar-refractivity contribution in [2.24, 2.45) is 10.9 Å². The largest absolute Gasteiger partial charge is 0.358 e. The van der Waals surface area contributed by atoms with Crippen molar-refractivity contribution in [1.82, 2.24) is 0 Å². The van der Waals surface area contributed by atoms with E-state index >= 15 is 0 Å². The lowest BCUT2D eigenvalue weighted by Crippen LogP contribution is -2.09. The Balaban J connectivity index is 3.56. The van der Waals surface area contributed by atoms with Gasteiger partial charge in [0.05, 0.1) is 5.71 Å². The molecule has 0 saturated heterocycles. The first kappa shape index (κ1) is 8.36. The van der Waals surface area contributed by atoms with Crippen LogP contribution in [-0.4, -0.2) is 10.9 Å². The molecule has 9 heavy (non-hydrogen) atoms. The summed E-state index contributed by atoms with van der Waals surface area (Å²) in [6.45, 7) is 3.82. The lowest BCUT2D eigenvalue weighted by molar-refractivity contribution is 0.331. The molecule has 4 heteroatoms. The van der Waals surface area contributed by atoms with E-state index < -0.39 is 0 Å². The highest BCUT2D eigenvalue weighted by Gasteiger charge is 1.86. The lowest BCUT2D eigenvalue weighted by Gasteiger charge is -1.93. The molecule has 0 atom stereocenters. The molecule has 0 heterocycles. The molecule has 0 bridgehead atoms. The maximum absolute atomic E-state index is 5.00. The monoisotopic (exact) mass is 146 g/mol. The molecule has 0 aliphatic heterocycles. The highest BCUT2D eigenvalue weighted by molar-refractivity contribution is 7.79. The first-order valence-electron chi connectivity index (χ1n) is 2.66. The number of nitrogens with two attached hydrogens (primary N) is 1. The second kappa shape index (κ2) is 4.26. The minimum atomic E-state index is -0.0391. The third-order valence-corrected chi connectivity index (χ3v) is 0.878. The summed E-state index contributed by atoms with van der Waals surface area (Å²) < 4.78 is 0. The van der Waals surface area contributed by atoms with Crippen molar-refractivity contribution in [1.29, 1.82) is 0 Å². The number of hydrogen-bond donors (Lipinski definition) is 1. The van der Waals surface area contributed by atoms with Gasteiger partial charge in [-0.15, -0.1) is 0 Å². The van der Waals surface area contributed by atoms with Gasteiger partial charge in [0.2, 0.25) is 0 Å². The minimum absolute atomic E-state index is 0.0391. The Morgan fingerprint density at radius 3 is 2.67 bits per heavy atom. The fraction of sp³-hybridized carbons (Fsp3) is 0.600. The summed E-state index contributed by atoms with van der Waals surface area (Å²) in [5.41, 5.74) is 5.88. The maximum Gasteiger partial charge on any atom is 0.286 e. The molecule has 0 unspecified atom stereocenters. The van der Waals surface area contributed by atoms with Crippen molar-refractivity contribution in [3.63, 3.8) is 0 Å². The second-order valence-electron chi connectivity index (χ2n) is 1.59. The topological polar surface area (TPSA) is 47.6 Å². The summed E-state index contributed by atoms with van der Waals surface area (Å²) in [5.74, 6) is 0. The number of oxime groups is 1. The Morgan fingerprint density at radius 2 is 2.33 bits per heavy atom. The van der Waals surface area contributed by atoms with Crippen LogP contribution in [0, 0.1) is 0 Å². The smallest absolute Gasteiger partial charge is 0.286 e. The van der Waals surface area contributed by atoms with Crippen LogP contribution in [0.15, 0.2) is 5.16 Å². The van der Waals surface area contributed by atoms with E-state index in [9.17, 15) is 0 Å². The molecule has 0 aromatic rings. The highest BCUT2D eigenvalue weighted by Crippen LogP contribution is 1.84. The molecule has 0 saturated carbocycles. The van der Waals surface area contributed by atoms with Gasteiger partial charge in [0, 0.05) is 0 Å². The average molecular weight is 146 g/mol. The summed E-state index contributed by atoms with van der Waals surface area (Å²) in [7, 11) is 0. The molecule has 0 aliphatic carbocycles. The molecule has 0 spiro atoms. The van der Waals surface area contributed by atoms with Crippen LogP contribution in [0.4, 0.5) is 0 Å². The quantitative estimate of drug-likeness (QED) is 0.359. The van der Waals surface area contributed by atoms with Crippen molar-refractivity contribution in [2.45, 2.75) is 20.3 Å². The van der Waals surface area contributed by atoms with E-state index in [4.69, 9.17) is 5.73 Å². The van der Waals surface area contributed by atoms with Gasteiger partial charge in [0.25, 0.3) is 5.17 Å². The lowest BCUT2D eigenvalue weighted by atomic mass is 10.3. The number of thiocarbonyl (C=S) groups is 1. The molecular formula is C5H10N2OS. The summed E-state index contributed by atoms with van der Waals surface area (Å²) in [6.07, 6.45) is 0.850. The van der Waals surface area contributed by atoms with Gasteiger partial charge in [0.15, 0.2) is 0 Å². The molecule has 0 aromatic heterocycles. The molecular weight excluding hydrogens is 136 g/mol. The standard InChI is InChI=1S/C5H10N2OS/c1-3-4(2)7-8-5(6)9/h3H2,1-2H3,(H2,6,9). The number of nitrogens with zero attached hydrogens (tertiary/aromatic N) is 1. The van der Waals surface area contributed by atoms with Crippen LogP contribution in [0.1, 0.15) is 20.3 Å². The molecule has 2 N–H and O–H groups in total. The number of hydrogen-bond acceptors (Lipinski definition) is 3. The molecule has 0 aromatic carbocycles. The summed E-state index contributed by atoms with van der Waals surface area (Å²) >= 11 is 4.41. The van der Waals surface area contributed by atoms with Gasteiger partial charge in [-0.3, -0.25) is 0 Å². The van der Waals surface area contributed by atoms with Crippen LogP contribution >= 0.6 is 12.2 Å². The molecule has 3 nitrogen and oxygen atoms in total. The Hall–Kier alpha value is -0.640. The number of rotatable bonds is 2. The van der Waals surface area contributed by atoms with E-state index in [-0.39, 0.29) is 5.17 Å². The van der Waals surface area contributed by atoms with Crippen LogP contribution in [0.5, 0.6) is 0 Å². The van der Waals surface area contributed by atoms with Crippen LogP contribution < -0.4 is 5.73 Å². The second-order valence-corrected chi connectivity index (χ2v) is 1.99. The fourth-order valence-electron chi connectivity index (χ4n) is 0.187. The zero-order chi connectivity index (χ0) is 7.28. The first-order valence-corrected chi connectivity index (χ1v) is 3.07. The van der Waals surface area contributed by atoms with E-state index in [1.54, 1.807) is 0 Å². The fourth-order valence-corrected chi connectivity index (χ4v) is 0.225. The molecule has 0 radical (unpaired) electrons. The highest BCUT2D eigenvalue weighted by atomic mass is 32.1. The van der Waals surface area contributed by atoms with Gasteiger partial charge < -0.3 is 10.6 Å². The molecule has 0 amide bonds. The van der Waals surface area contributed by atoms with Crippen molar-refractivity contribution in [3.05, 3.63) is 0 Å². The van der Waals surface area contributed by atoms with E-state index in [1.807, 2.05) is 13.8 Å². The van der Waals surface area contributed by atoms with Crippen LogP contribution in [0.3, 0.4) is 0 Å². The zero-order valence-electron chi connectivity index (χ0n) is 5.55. The van der Waals surface area contributed by atoms with Gasteiger partial charge in [-0.05, 0) is 25.6 Å². The first-order chi connectivity index (χ1) is 4.16. The van der Waals surface area contributed by atoms with Gasteiger partial charge in [-0.25, -0.2) is 0 Å². The van der Waals surface area contributed by atoms with Gasteiger partial charge in [-0.2, -0.15) is 0 Å². The third kappa shape index (κ3) is 5.23. The van der Waals surface area contributed by atoms with Crippen molar-refractivity contribution < 1.29 is 4.84 Å². The van der Waals surface area contributed by atoms with Gasteiger partial charge >= 0.3 is 0 Å². The molecule has 0 rings (SSSR count). The minimum Gasteiger partial charge on any atom is -0.358 e. The average Bonchev–Trinajstić information content (AvgIpc) is 1.83. The van der Waals surface area contributed by atoms with Crippen LogP contribution in [-0.2, 0) is 4.84 Å². The van der Waals surface area contributed by atoms with Gasteiger partial charge in [0.1, 0.15) is 0 Å². The Kier molecular flexibility index (Phi) is 3.96. The van der Waals surface area contributed by atoms with E-state index in [1.165, 1.54) is 0 Å². The molecule has 52 valence electrons. The van der Waals surface area contributed by atoms with E-state index in [0.29, 0.717) is 0 Å². The van der Waals surface area contributed by atoms with Crippen molar-refractivity contribution in [2.75, 3.05) is 0 Å². The van der Waals surface area contributed by atoms with E-state index in [0.717, 1.165) is 12.1 Å². The predicted octanol–water partition coefficient (Wildman–Crippen LogP) is 1.03.